The maximum atomic E-state index is 8.92. The summed E-state index contributed by atoms with van der Waals surface area (Å²) in [5, 5.41) is 13.0. The first-order valence-corrected chi connectivity index (χ1v) is 8.24. The molecule has 2 atom stereocenters. The maximum Gasteiger partial charge on any atom is 0.101 e. The third-order valence-electron chi connectivity index (χ3n) is 4.65. The number of anilines is 1. The van der Waals surface area contributed by atoms with E-state index in [-0.39, 0.29) is 0 Å². The molecule has 0 spiro atoms. The molecule has 1 aliphatic rings. The summed E-state index contributed by atoms with van der Waals surface area (Å²) in [4.78, 5) is 0. The number of nitrogens with zero attached hydrogens (tertiary/aromatic N) is 1. The largest absolute Gasteiger partial charge is 0.382 e. The molecule has 0 saturated heterocycles. The van der Waals surface area contributed by atoms with E-state index in [4.69, 9.17) is 16.9 Å². The van der Waals surface area contributed by atoms with Crippen LogP contribution >= 0.6 is 11.6 Å². The van der Waals surface area contributed by atoms with E-state index < -0.39 is 0 Å². The average Bonchev–Trinajstić information content (AvgIpc) is 2.64. The Morgan fingerprint density at radius 1 is 1.19 bits per heavy atom. The minimum atomic E-state index is 0.409. The molecule has 0 aliphatic heterocycles. The first-order chi connectivity index (χ1) is 9.90. The van der Waals surface area contributed by atoms with Crippen LogP contribution in [0.2, 0.25) is 5.02 Å². The zero-order valence-electron chi connectivity index (χ0n) is 13.2. The lowest BCUT2D eigenvalue weighted by Crippen LogP contribution is -2.21. The van der Waals surface area contributed by atoms with Crippen molar-refractivity contribution in [3.8, 4) is 6.07 Å². The summed E-state index contributed by atoms with van der Waals surface area (Å²) in [5.74, 6) is 0.814. The van der Waals surface area contributed by atoms with Gasteiger partial charge < -0.3 is 5.32 Å². The highest BCUT2D eigenvalue weighted by atomic mass is 35.5. The van der Waals surface area contributed by atoms with Gasteiger partial charge in [-0.3, -0.25) is 0 Å². The summed E-state index contributed by atoms with van der Waals surface area (Å²) in [6.07, 6.45) is 6.31. The number of rotatable bonds is 2. The zero-order chi connectivity index (χ0) is 15.5. The highest BCUT2D eigenvalue weighted by Crippen LogP contribution is 2.37. The predicted octanol–water partition coefficient (Wildman–Crippen LogP) is 5.62. The third kappa shape index (κ3) is 4.38. The fraction of sp³-hybridized carbons (Fsp3) is 0.611. The van der Waals surface area contributed by atoms with E-state index in [0.29, 0.717) is 22.0 Å². The minimum Gasteiger partial charge on any atom is -0.382 e. The van der Waals surface area contributed by atoms with Crippen LogP contribution in [0.25, 0.3) is 0 Å². The SMILES string of the molecule is CC(C)(C)C1CCCC(Nc2ccc(C#N)c(Cl)c2)CC1. The lowest BCUT2D eigenvalue weighted by molar-refractivity contribution is 0.214. The second-order valence-electron chi connectivity index (χ2n) is 7.22. The molecule has 114 valence electrons. The van der Waals surface area contributed by atoms with Gasteiger partial charge >= 0.3 is 0 Å². The molecule has 2 unspecified atom stereocenters. The summed E-state index contributed by atoms with van der Waals surface area (Å²) < 4.78 is 0. The first-order valence-electron chi connectivity index (χ1n) is 7.86. The lowest BCUT2D eigenvalue weighted by atomic mass is 9.76. The Morgan fingerprint density at radius 2 is 1.95 bits per heavy atom. The molecular weight excluding hydrogens is 280 g/mol. The van der Waals surface area contributed by atoms with Gasteiger partial charge in [-0.05, 0) is 55.2 Å². The van der Waals surface area contributed by atoms with Crippen molar-refractivity contribution in [2.45, 2.75) is 58.9 Å². The summed E-state index contributed by atoms with van der Waals surface area (Å²) in [6, 6.07) is 8.23. The first kappa shape index (κ1) is 16.2. The van der Waals surface area contributed by atoms with Crippen LogP contribution in [0.1, 0.15) is 58.4 Å². The van der Waals surface area contributed by atoms with Gasteiger partial charge in [0.2, 0.25) is 0 Å². The van der Waals surface area contributed by atoms with Gasteiger partial charge in [0.15, 0.2) is 0 Å². The average molecular weight is 305 g/mol. The second-order valence-corrected chi connectivity index (χ2v) is 7.63. The highest BCUT2D eigenvalue weighted by molar-refractivity contribution is 6.32. The topological polar surface area (TPSA) is 35.8 Å². The maximum absolute atomic E-state index is 8.92. The Bertz CT molecular complexity index is 525. The molecule has 0 aromatic heterocycles. The van der Waals surface area contributed by atoms with Crippen molar-refractivity contribution in [1.82, 2.24) is 0 Å². The van der Waals surface area contributed by atoms with Crippen molar-refractivity contribution in [3.63, 3.8) is 0 Å². The molecule has 1 saturated carbocycles. The number of hydrogen-bond donors (Lipinski definition) is 1. The van der Waals surface area contributed by atoms with Gasteiger partial charge in [-0.1, -0.05) is 38.8 Å². The Kier molecular flexibility index (Phi) is 5.17. The molecule has 0 amide bonds. The van der Waals surface area contributed by atoms with Gasteiger partial charge in [0, 0.05) is 11.7 Å². The number of nitriles is 1. The quantitative estimate of drug-likeness (QED) is 0.720. The van der Waals surface area contributed by atoms with Crippen LogP contribution in [0, 0.1) is 22.7 Å². The molecule has 1 fully saturated rings. The van der Waals surface area contributed by atoms with Crippen molar-refractivity contribution in [3.05, 3.63) is 28.8 Å². The zero-order valence-corrected chi connectivity index (χ0v) is 14.0. The van der Waals surface area contributed by atoms with E-state index in [9.17, 15) is 0 Å². The third-order valence-corrected chi connectivity index (χ3v) is 4.97. The van der Waals surface area contributed by atoms with Crippen molar-refractivity contribution in [2.75, 3.05) is 5.32 Å². The van der Waals surface area contributed by atoms with Gasteiger partial charge in [-0.25, -0.2) is 0 Å². The molecule has 0 bridgehead atoms. The van der Waals surface area contributed by atoms with Crippen LogP contribution in [0.3, 0.4) is 0 Å². The molecule has 2 nitrogen and oxygen atoms in total. The Hall–Kier alpha value is -1.20. The fourth-order valence-electron chi connectivity index (χ4n) is 3.24. The van der Waals surface area contributed by atoms with E-state index in [2.05, 4.69) is 32.2 Å². The van der Waals surface area contributed by atoms with E-state index in [1.807, 2.05) is 12.1 Å². The van der Waals surface area contributed by atoms with Crippen LogP contribution in [0.5, 0.6) is 0 Å². The summed E-state index contributed by atoms with van der Waals surface area (Å²) in [7, 11) is 0. The molecule has 1 aromatic rings. The van der Waals surface area contributed by atoms with Crippen LogP contribution in [-0.4, -0.2) is 6.04 Å². The van der Waals surface area contributed by atoms with E-state index in [0.717, 1.165) is 11.6 Å². The predicted molar refractivity (Wildman–Crippen MR) is 89.6 cm³/mol. The molecule has 1 aromatic carbocycles. The van der Waals surface area contributed by atoms with Crippen LogP contribution < -0.4 is 5.32 Å². The Balaban J connectivity index is 1.98. The second kappa shape index (κ2) is 6.71. The Morgan fingerprint density at radius 3 is 2.57 bits per heavy atom. The Labute approximate surface area is 133 Å². The summed E-state index contributed by atoms with van der Waals surface area (Å²) in [6.45, 7) is 7.06. The van der Waals surface area contributed by atoms with Crippen LogP contribution in [0.4, 0.5) is 5.69 Å². The standard InChI is InChI=1S/C18H25ClN2/c1-18(2,3)14-5-4-6-15(10-8-14)21-16-9-7-13(12-20)17(19)11-16/h7,9,11,14-15,21H,4-6,8,10H2,1-3H3. The monoisotopic (exact) mass is 304 g/mol. The molecule has 3 heteroatoms. The summed E-state index contributed by atoms with van der Waals surface area (Å²) in [5.41, 5.74) is 1.97. The van der Waals surface area contributed by atoms with Crippen molar-refractivity contribution in [1.29, 1.82) is 5.26 Å². The number of nitrogens with one attached hydrogen (secondary N) is 1. The van der Waals surface area contributed by atoms with Crippen molar-refractivity contribution in [2.24, 2.45) is 11.3 Å². The molecule has 21 heavy (non-hydrogen) atoms. The molecule has 1 N–H and O–H groups in total. The molecule has 0 heterocycles. The molecule has 0 radical (unpaired) electrons. The van der Waals surface area contributed by atoms with Crippen molar-refractivity contribution >= 4 is 17.3 Å². The van der Waals surface area contributed by atoms with Gasteiger partial charge in [0.25, 0.3) is 0 Å². The van der Waals surface area contributed by atoms with E-state index >= 15 is 0 Å². The van der Waals surface area contributed by atoms with E-state index in [1.54, 1.807) is 6.07 Å². The number of hydrogen-bond acceptors (Lipinski definition) is 2. The lowest BCUT2D eigenvalue weighted by Gasteiger charge is -2.29. The number of benzene rings is 1. The molecular formula is C18H25ClN2. The van der Waals surface area contributed by atoms with Crippen molar-refractivity contribution < 1.29 is 0 Å². The number of halogens is 1. The van der Waals surface area contributed by atoms with Crippen LogP contribution in [-0.2, 0) is 0 Å². The van der Waals surface area contributed by atoms with Gasteiger partial charge in [0.05, 0.1) is 10.6 Å². The fourth-order valence-corrected chi connectivity index (χ4v) is 3.47. The smallest absolute Gasteiger partial charge is 0.101 e. The molecule has 2 rings (SSSR count). The highest BCUT2D eigenvalue weighted by Gasteiger charge is 2.27. The minimum absolute atomic E-state index is 0.409. The van der Waals surface area contributed by atoms with Gasteiger partial charge in [0.1, 0.15) is 6.07 Å². The van der Waals surface area contributed by atoms with E-state index in [1.165, 1.54) is 32.1 Å². The molecule has 1 aliphatic carbocycles. The van der Waals surface area contributed by atoms with Gasteiger partial charge in [-0.15, -0.1) is 0 Å². The normalized spacial score (nSPS) is 23.2. The van der Waals surface area contributed by atoms with Crippen LogP contribution in [0.15, 0.2) is 18.2 Å². The van der Waals surface area contributed by atoms with Gasteiger partial charge in [-0.2, -0.15) is 5.26 Å². The summed E-state index contributed by atoms with van der Waals surface area (Å²) >= 11 is 6.10.